The third-order valence-electron chi connectivity index (χ3n) is 1.83. The quantitative estimate of drug-likeness (QED) is 0.698. The molecule has 0 atom stereocenters. The number of hydroxylamine groups is 1. The summed E-state index contributed by atoms with van der Waals surface area (Å²) in [6.07, 6.45) is 0. The van der Waals surface area contributed by atoms with Gasteiger partial charge < -0.3 is 5.73 Å². The van der Waals surface area contributed by atoms with Gasteiger partial charge in [-0.25, -0.2) is 5.48 Å². The lowest BCUT2D eigenvalue weighted by Gasteiger charge is -2.05. The van der Waals surface area contributed by atoms with Crippen molar-refractivity contribution < 1.29 is 9.63 Å². The summed E-state index contributed by atoms with van der Waals surface area (Å²) in [4.78, 5) is 15.9. The molecule has 0 aliphatic heterocycles. The van der Waals surface area contributed by atoms with Crippen molar-refractivity contribution in [2.75, 3.05) is 7.11 Å². The number of aryl methyl sites for hydroxylation is 1. The van der Waals surface area contributed by atoms with Gasteiger partial charge in [0.25, 0.3) is 5.91 Å². The zero-order valence-electron chi connectivity index (χ0n) is 8.33. The van der Waals surface area contributed by atoms with Gasteiger partial charge in [-0.15, -0.1) is 0 Å². The molecule has 0 aromatic heterocycles. The average Bonchev–Trinajstić information content (AvgIpc) is 2.17. The molecule has 1 aromatic rings. The molecular formula is C10H14N2O2. The van der Waals surface area contributed by atoms with E-state index in [4.69, 9.17) is 5.73 Å². The van der Waals surface area contributed by atoms with Gasteiger partial charge in [-0.3, -0.25) is 9.63 Å². The maximum absolute atomic E-state index is 11.4. The monoisotopic (exact) mass is 194 g/mol. The van der Waals surface area contributed by atoms with Crippen molar-refractivity contribution >= 4 is 5.91 Å². The van der Waals surface area contributed by atoms with E-state index in [1.165, 1.54) is 7.11 Å². The van der Waals surface area contributed by atoms with Gasteiger partial charge in [-0.2, -0.15) is 0 Å². The summed E-state index contributed by atoms with van der Waals surface area (Å²) >= 11 is 0. The number of amides is 1. The number of carbonyl (C=O) groups is 1. The minimum Gasteiger partial charge on any atom is -0.326 e. The summed E-state index contributed by atoms with van der Waals surface area (Å²) in [6, 6.07) is 5.48. The molecule has 0 bridgehead atoms. The minimum absolute atomic E-state index is 0.258. The van der Waals surface area contributed by atoms with E-state index < -0.39 is 0 Å². The molecule has 0 heterocycles. The largest absolute Gasteiger partial charge is 0.326 e. The lowest BCUT2D eigenvalue weighted by atomic mass is 10.1. The fraction of sp³-hybridized carbons (Fsp3) is 0.300. The van der Waals surface area contributed by atoms with Crippen LogP contribution in [0.15, 0.2) is 18.2 Å². The Bertz CT molecular complexity index is 337. The fourth-order valence-corrected chi connectivity index (χ4v) is 1.26. The topological polar surface area (TPSA) is 64.3 Å². The predicted molar refractivity (Wildman–Crippen MR) is 53.5 cm³/mol. The van der Waals surface area contributed by atoms with Crippen LogP contribution in [0.3, 0.4) is 0 Å². The highest BCUT2D eigenvalue weighted by atomic mass is 16.6. The van der Waals surface area contributed by atoms with Crippen molar-refractivity contribution in [1.29, 1.82) is 0 Å². The predicted octanol–water partition coefficient (Wildman–Crippen LogP) is 0.745. The van der Waals surface area contributed by atoms with Crippen LogP contribution in [-0.4, -0.2) is 13.0 Å². The van der Waals surface area contributed by atoms with E-state index >= 15 is 0 Å². The van der Waals surface area contributed by atoms with Gasteiger partial charge >= 0.3 is 0 Å². The van der Waals surface area contributed by atoms with Crippen LogP contribution in [0.25, 0.3) is 0 Å². The molecule has 0 spiro atoms. The summed E-state index contributed by atoms with van der Waals surface area (Å²) in [5.74, 6) is -0.258. The Morgan fingerprint density at radius 2 is 2.21 bits per heavy atom. The molecule has 0 saturated heterocycles. The Labute approximate surface area is 83.0 Å². The first kappa shape index (κ1) is 10.7. The van der Waals surface area contributed by atoms with E-state index in [9.17, 15) is 4.79 Å². The number of nitrogens with one attached hydrogen (secondary N) is 1. The standard InChI is InChI=1S/C10H14N2O2/c1-7-3-8(6-11)5-9(4-7)10(13)12-14-2/h3-5H,6,11H2,1-2H3,(H,12,13). The van der Waals surface area contributed by atoms with Crippen molar-refractivity contribution in [1.82, 2.24) is 5.48 Å². The zero-order valence-corrected chi connectivity index (χ0v) is 8.33. The lowest BCUT2D eigenvalue weighted by molar-refractivity contribution is 0.0537. The lowest BCUT2D eigenvalue weighted by Crippen LogP contribution is -2.22. The molecule has 0 unspecified atom stereocenters. The van der Waals surface area contributed by atoms with E-state index in [2.05, 4.69) is 10.3 Å². The SMILES string of the molecule is CONC(=O)c1cc(C)cc(CN)c1. The van der Waals surface area contributed by atoms with Crippen LogP contribution < -0.4 is 11.2 Å². The maximum atomic E-state index is 11.4. The van der Waals surface area contributed by atoms with Crippen LogP contribution in [0.1, 0.15) is 21.5 Å². The van der Waals surface area contributed by atoms with E-state index in [-0.39, 0.29) is 5.91 Å². The molecular weight excluding hydrogens is 180 g/mol. The first-order chi connectivity index (χ1) is 6.67. The first-order valence-corrected chi connectivity index (χ1v) is 4.31. The average molecular weight is 194 g/mol. The number of carbonyl (C=O) groups excluding carboxylic acids is 1. The van der Waals surface area contributed by atoms with E-state index in [0.29, 0.717) is 12.1 Å². The molecule has 76 valence electrons. The molecule has 0 radical (unpaired) electrons. The van der Waals surface area contributed by atoms with Gasteiger partial charge in [0, 0.05) is 12.1 Å². The maximum Gasteiger partial charge on any atom is 0.274 e. The number of hydrogen-bond donors (Lipinski definition) is 2. The van der Waals surface area contributed by atoms with Crippen LogP contribution in [0.2, 0.25) is 0 Å². The van der Waals surface area contributed by atoms with Crippen molar-refractivity contribution in [2.24, 2.45) is 5.73 Å². The molecule has 1 amide bonds. The molecule has 0 aliphatic rings. The Hall–Kier alpha value is -1.39. The van der Waals surface area contributed by atoms with Gasteiger partial charge in [0.2, 0.25) is 0 Å². The van der Waals surface area contributed by atoms with E-state index in [1.807, 2.05) is 13.0 Å². The molecule has 4 heteroatoms. The van der Waals surface area contributed by atoms with Crippen molar-refractivity contribution in [2.45, 2.75) is 13.5 Å². The summed E-state index contributed by atoms with van der Waals surface area (Å²) in [6.45, 7) is 2.34. The molecule has 0 aliphatic carbocycles. The van der Waals surface area contributed by atoms with Gasteiger partial charge in [0.15, 0.2) is 0 Å². The van der Waals surface area contributed by atoms with Crippen LogP contribution in [0.5, 0.6) is 0 Å². The molecule has 0 fully saturated rings. The summed E-state index contributed by atoms with van der Waals surface area (Å²) in [7, 11) is 1.40. The molecule has 4 nitrogen and oxygen atoms in total. The highest BCUT2D eigenvalue weighted by molar-refractivity contribution is 5.93. The van der Waals surface area contributed by atoms with Crippen molar-refractivity contribution in [3.63, 3.8) is 0 Å². The fourth-order valence-electron chi connectivity index (χ4n) is 1.26. The molecule has 0 saturated carbocycles. The zero-order chi connectivity index (χ0) is 10.6. The smallest absolute Gasteiger partial charge is 0.274 e. The molecule has 3 N–H and O–H groups in total. The Kier molecular flexibility index (Phi) is 3.62. The van der Waals surface area contributed by atoms with E-state index in [0.717, 1.165) is 11.1 Å². The number of benzene rings is 1. The van der Waals surface area contributed by atoms with Crippen LogP contribution in [-0.2, 0) is 11.4 Å². The third kappa shape index (κ3) is 2.55. The Morgan fingerprint density at radius 1 is 1.50 bits per heavy atom. The van der Waals surface area contributed by atoms with Crippen LogP contribution >= 0.6 is 0 Å². The van der Waals surface area contributed by atoms with Crippen molar-refractivity contribution in [3.8, 4) is 0 Å². The minimum atomic E-state index is -0.258. The molecule has 1 aromatic carbocycles. The molecule has 1 rings (SSSR count). The van der Waals surface area contributed by atoms with Gasteiger partial charge in [0.05, 0.1) is 7.11 Å². The second-order valence-corrected chi connectivity index (χ2v) is 3.05. The third-order valence-corrected chi connectivity index (χ3v) is 1.83. The highest BCUT2D eigenvalue weighted by Gasteiger charge is 2.06. The van der Waals surface area contributed by atoms with Gasteiger partial charge in [0.1, 0.15) is 0 Å². The normalized spacial score (nSPS) is 9.93. The Morgan fingerprint density at radius 3 is 2.79 bits per heavy atom. The number of hydrogen-bond acceptors (Lipinski definition) is 3. The molecule has 14 heavy (non-hydrogen) atoms. The summed E-state index contributed by atoms with van der Waals surface area (Å²) in [5.41, 5.74) is 10.3. The van der Waals surface area contributed by atoms with Gasteiger partial charge in [-0.05, 0) is 24.6 Å². The second-order valence-electron chi connectivity index (χ2n) is 3.05. The van der Waals surface area contributed by atoms with Gasteiger partial charge in [-0.1, -0.05) is 11.6 Å². The first-order valence-electron chi connectivity index (χ1n) is 4.31. The van der Waals surface area contributed by atoms with Crippen molar-refractivity contribution in [3.05, 3.63) is 34.9 Å². The summed E-state index contributed by atoms with van der Waals surface area (Å²) in [5, 5.41) is 0. The van der Waals surface area contributed by atoms with Crippen LogP contribution in [0, 0.1) is 6.92 Å². The van der Waals surface area contributed by atoms with E-state index in [1.54, 1.807) is 12.1 Å². The highest BCUT2D eigenvalue weighted by Crippen LogP contribution is 2.09. The summed E-state index contributed by atoms with van der Waals surface area (Å²) < 4.78 is 0. The van der Waals surface area contributed by atoms with Crippen LogP contribution in [0.4, 0.5) is 0 Å². The Balaban J connectivity index is 2.96. The number of nitrogens with two attached hydrogens (primary N) is 1. The number of rotatable bonds is 3. The second kappa shape index (κ2) is 4.74.